The second kappa shape index (κ2) is 4.22. The average Bonchev–Trinajstić information content (AvgIpc) is 2.37. The van der Waals surface area contributed by atoms with Crippen molar-refractivity contribution in [3.63, 3.8) is 0 Å². The maximum absolute atomic E-state index is 11.7. The van der Waals surface area contributed by atoms with Crippen LogP contribution in [0, 0.1) is 0 Å². The number of hydrogen-bond acceptors (Lipinski definition) is 5. The third kappa shape index (κ3) is 3.17. The van der Waals surface area contributed by atoms with Gasteiger partial charge in [-0.25, -0.2) is 8.42 Å². The van der Waals surface area contributed by atoms with Gasteiger partial charge in [-0.15, -0.1) is 0 Å². The Hall–Kier alpha value is -0.660. The number of aliphatic hydroxyl groups is 1. The standard InChI is InChI=1S/C10H18N2O4S/c1-10(2-3-17(15,16)7-10)11-9(14)6-12-4-8(13)5-12/h8,13H,2-7H2,1H3,(H,11,14). The van der Waals surface area contributed by atoms with Crippen molar-refractivity contribution in [2.45, 2.75) is 25.0 Å². The van der Waals surface area contributed by atoms with Crippen molar-refractivity contribution in [3.8, 4) is 0 Å². The first-order valence-electron chi connectivity index (χ1n) is 5.70. The molecule has 0 aromatic rings. The van der Waals surface area contributed by atoms with Gasteiger partial charge in [0.2, 0.25) is 5.91 Å². The molecule has 0 spiro atoms. The molecule has 2 fully saturated rings. The molecule has 0 aromatic heterocycles. The van der Waals surface area contributed by atoms with Crippen LogP contribution in [0.5, 0.6) is 0 Å². The quantitative estimate of drug-likeness (QED) is 0.637. The van der Waals surface area contributed by atoms with Gasteiger partial charge in [-0.1, -0.05) is 0 Å². The Morgan fingerprint density at radius 1 is 1.53 bits per heavy atom. The van der Waals surface area contributed by atoms with E-state index in [-0.39, 0.29) is 30.1 Å². The van der Waals surface area contributed by atoms with E-state index >= 15 is 0 Å². The Kier molecular flexibility index (Phi) is 3.17. The van der Waals surface area contributed by atoms with Gasteiger partial charge in [0.05, 0.1) is 29.7 Å². The number of nitrogens with zero attached hydrogens (tertiary/aromatic N) is 1. The van der Waals surface area contributed by atoms with Gasteiger partial charge in [0.1, 0.15) is 0 Å². The van der Waals surface area contributed by atoms with E-state index in [1.807, 2.05) is 4.90 Å². The van der Waals surface area contributed by atoms with E-state index in [2.05, 4.69) is 5.32 Å². The van der Waals surface area contributed by atoms with E-state index in [1.54, 1.807) is 6.92 Å². The molecule has 0 radical (unpaired) electrons. The molecule has 1 amide bonds. The molecule has 0 aromatic carbocycles. The van der Waals surface area contributed by atoms with E-state index in [1.165, 1.54) is 0 Å². The van der Waals surface area contributed by atoms with Crippen molar-refractivity contribution in [2.24, 2.45) is 0 Å². The molecule has 2 saturated heterocycles. The first-order chi connectivity index (χ1) is 7.78. The minimum Gasteiger partial charge on any atom is -0.390 e. The van der Waals surface area contributed by atoms with Crippen molar-refractivity contribution in [3.05, 3.63) is 0 Å². The number of β-amino-alcohol motifs (C(OH)–C–C–N with tert-alkyl or cyclic N) is 1. The number of sulfone groups is 1. The van der Waals surface area contributed by atoms with Crippen molar-refractivity contribution >= 4 is 15.7 Å². The predicted octanol–water partition coefficient (Wildman–Crippen LogP) is -1.64. The van der Waals surface area contributed by atoms with Crippen molar-refractivity contribution in [2.75, 3.05) is 31.1 Å². The Bertz CT molecular complexity index is 416. The molecule has 0 saturated carbocycles. The van der Waals surface area contributed by atoms with Crippen molar-refractivity contribution < 1.29 is 18.3 Å². The zero-order chi connectivity index (χ0) is 12.7. The fourth-order valence-corrected chi connectivity index (χ4v) is 4.45. The third-order valence-electron chi connectivity index (χ3n) is 3.25. The van der Waals surface area contributed by atoms with Crippen LogP contribution in [0.2, 0.25) is 0 Å². The van der Waals surface area contributed by atoms with E-state index in [4.69, 9.17) is 5.11 Å². The van der Waals surface area contributed by atoms with Gasteiger partial charge in [0.25, 0.3) is 0 Å². The fourth-order valence-electron chi connectivity index (χ4n) is 2.36. The molecule has 2 heterocycles. The summed E-state index contributed by atoms with van der Waals surface area (Å²) in [6.07, 6.45) is 0.147. The Morgan fingerprint density at radius 2 is 2.18 bits per heavy atom. The van der Waals surface area contributed by atoms with Crippen LogP contribution in [0.3, 0.4) is 0 Å². The SMILES string of the molecule is CC1(NC(=O)CN2CC(O)C2)CCS(=O)(=O)C1. The van der Waals surface area contributed by atoms with Gasteiger partial charge in [0, 0.05) is 13.1 Å². The molecule has 98 valence electrons. The molecule has 6 nitrogen and oxygen atoms in total. The highest BCUT2D eigenvalue weighted by Crippen LogP contribution is 2.22. The van der Waals surface area contributed by atoms with Crippen LogP contribution in [0.25, 0.3) is 0 Å². The lowest BCUT2D eigenvalue weighted by Gasteiger charge is -2.36. The first-order valence-corrected chi connectivity index (χ1v) is 7.52. The Labute approximate surface area is 101 Å². The summed E-state index contributed by atoms with van der Waals surface area (Å²) >= 11 is 0. The van der Waals surface area contributed by atoms with Crippen molar-refractivity contribution in [1.82, 2.24) is 10.2 Å². The van der Waals surface area contributed by atoms with Gasteiger partial charge in [-0.3, -0.25) is 9.69 Å². The maximum atomic E-state index is 11.7. The molecule has 0 aliphatic carbocycles. The summed E-state index contributed by atoms with van der Waals surface area (Å²) in [5, 5.41) is 11.9. The first kappa shape index (κ1) is 12.8. The maximum Gasteiger partial charge on any atom is 0.234 e. The third-order valence-corrected chi connectivity index (χ3v) is 5.15. The number of likely N-dealkylation sites (tertiary alicyclic amines) is 1. The molecular weight excluding hydrogens is 244 g/mol. The van der Waals surface area contributed by atoms with E-state index in [0.717, 1.165) is 0 Å². The Morgan fingerprint density at radius 3 is 2.65 bits per heavy atom. The van der Waals surface area contributed by atoms with Crippen LogP contribution in [0.1, 0.15) is 13.3 Å². The number of amides is 1. The summed E-state index contributed by atoms with van der Waals surface area (Å²) in [7, 11) is -3.00. The molecule has 0 bridgehead atoms. The summed E-state index contributed by atoms with van der Waals surface area (Å²) in [6.45, 7) is 3.03. The van der Waals surface area contributed by atoms with Gasteiger partial charge in [0.15, 0.2) is 9.84 Å². The van der Waals surface area contributed by atoms with Crippen LogP contribution in [0.4, 0.5) is 0 Å². The summed E-state index contributed by atoms with van der Waals surface area (Å²) in [5.74, 6) is -0.00267. The van der Waals surface area contributed by atoms with Crippen LogP contribution in [-0.2, 0) is 14.6 Å². The number of carbonyl (C=O) groups is 1. The number of rotatable bonds is 3. The largest absolute Gasteiger partial charge is 0.390 e. The van der Waals surface area contributed by atoms with Gasteiger partial charge < -0.3 is 10.4 Å². The number of carbonyl (C=O) groups excluding carboxylic acids is 1. The monoisotopic (exact) mass is 262 g/mol. The highest BCUT2D eigenvalue weighted by atomic mass is 32.2. The van der Waals surface area contributed by atoms with E-state index < -0.39 is 15.4 Å². The molecule has 7 heteroatoms. The summed E-state index contributed by atoms with van der Waals surface area (Å²) in [5.41, 5.74) is -0.626. The zero-order valence-electron chi connectivity index (χ0n) is 9.85. The highest BCUT2D eigenvalue weighted by molar-refractivity contribution is 7.91. The van der Waals surface area contributed by atoms with Gasteiger partial charge in [-0.2, -0.15) is 0 Å². The van der Waals surface area contributed by atoms with Crippen LogP contribution in [0.15, 0.2) is 0 Å². The fraction of sp³-hybridized carbons (Fsp3) is 0.900. The minimum absolute atomic E-state index is 0.0222. The minimum atomic E-state index is -3.00. The average molecular weight is 262 g/mol. The topological polar surface area (TPSA) is 86.7 Å². The van der Waals surface area contributed by atoms with Crippen LogP contribution < -0.4 is 5.32 Å². The van der Waals surface area contributed by atoms with Crippen molar-refractivity contribution in [1.29, 1.82) is 0 Å². The summed E-state index contributed by atoms with van der Waals surface area (Å²) in [4.78, 5) is 13.5. The molecule has 2 N–H and O–H groups in total. The van der Waals surface area contributed by atoms with E-state index in [9.17, 15) is 13.2 Å². The van der Waals surface area contributed by atoms with Crippen LogP contribution >= 0.6 is 0 Å². The lowest BCUT2D eigenvalue weighted by molar-refractivity contribution is -0.126. The molecule has 1 unspecified atom stereocenters. The predicted molar refractivity (Wildman–Crippen MR) is 62.3 cm³/mol. The zero-order valence-corrected chi connectivity index (χ0v) is 10.7. The summed E-state index contributed by atoms with van der Waals surface area (Å²) in [6, 6.07) is 0. The lowest BCUT2D eigenvalue weighted by atomic mass is 10.0. The van der Waals surface area contributed by atoms with Gasteiger partial charge in [-0.05, 0) is 13.3 Å². The second-order valence-corrected chi connectivity index (χ2v) is 7.48. The Balaban J connectivity index is 1.82. The molecular formula is C10H18N2O4S. The smallest absolute Gasteiger partial charge is 0.234 e. The van der Waals surface area contributed by atoms with E-state index in [0.29, 0.717) is 19.5 Å². The molecule has 2 aliphatic heterocycles. The number of nitrogens with one attached hydrogen (secondary N) is 1. The van der Waals surface area contributed by atoms with Crippen LogP contribution in [-0.4, -0.2) is 67.1 Å². The molecule has 1 atom stereocenters. The molecule has 17 heavy (non-hydrogen) atoms. The normalized spacial score (nSPS) is 33.3. The second-order valence-electron chi connectivity index (χ2n) is 5.30. The number of aliphatic hydroxyl groups excluding tert-OH is 1. The molecule has 2 aliphatic rings. The molecule has 2 rings (SSSR count). The summed E-state index contributed by atoms with van der Waals surface area (Å²) < 4.78 is 22.7. The lowest BCUT2D eigenvalue weighted by Crippen LogP contribution is -2.56. The van der Waals surface area contributed by atoms with Gasteiger partial charge >= 0.3 is 0 Å². The number of hydrogen-bond donors (Lipinski definition) is 2. The highest BCUT2D eigenvalue weighted by Gasteiger charge is 2.39.